The van der Waals surface area contributed by atoms with Gasteiger partial charge in [-0.2, -0.15) is 13.2 Å². The first-order valence-corrected chi connectivity index (χ1v) is 13.9. The van der Waals surface area contributed by atoms with Crippen LogP contribution in [0.4, 0.5) is 18.9 Å². The van der Waals surface area contributed by atoms with E-state index < -0.39 is 17.2 Å². The Kier molecular flexibility index (Phi) is 5.86. The van der Waals surface area contributed by atoms with E-state index in [2.05, 4.69) is 30.7 Å². The molecule has 8 heteroatoms. The van der Waals surface area contributed by atoms with Gasteiger partial charge in [-0.15, -0.1) is 0 Å². The number of alkyl halides is 3. The Morgan fingerprint density at radius 1 is 0.944 bits per heavy atom. The highest BCUT2D eigenvalue weighted by molar-refractivity contribution is 7.80. The standard InChI is InChI=1S/C28H37F3N4S/c1-26(2)23(34-9-7-33(3)8-10-34)24(32-27-15-18-11-19(16-27)13-20(12-18)17-27)35(25(26)36)22-6-4-5-21(14-22)28(29,30)31/h4-6,14,18-20,23H,7-13,15-17H2,1-3H3/t18?,19?,20?,23-,27?/m1/s1. The van der Waals surface area contributed by atoms with Gasteiger partial charge in [-0.1, -0.05) is 32.1 Å². The Hall–Kier alpha value is -1.51. The minimum Gasteiger partial charge on any atom is -0.304 e. The lowest BCUT2D eigenvalue weighted by molar-refractivity contribution is -0.137. The van der Waals surface area contributed by atoms with Gasteiger partial charge in [0.25, 0.3) is 0 Å². The lowest BCUT2D eigenvalue weighted by atomic mass is 9.53. The molecular weight excluding hydrogens is 481 g/mol. The summed E-state index contributed by atoms with van der Waals surface area (Å²) in [5, 5.41) is 0. The Balaban J connectivity index is 1.47. The van der Waals surface area contributed by atoms with Gasteiger partial charge >= 0.3 is 6.18 Å². The average molecular weight is 519 g/mol. The summed E-state index contributed by atoms with van der Waals surface area (Å²) >= 11 is 6.08. The molecule has 0 spiro atoms. The lowest BCUT2D eigenvalue weighted by Gasteiger charge is -2.55. The topological polar surface area (TPSA) is 22.1 Å². The van der Waals surface area contributed by atoms with Crippen molar-refractivity contribution in [3.05, 3.63) is 29.8 Å². The van der Waals surface area contributed by atoms with E-state index in [1.54, 1.807) is 6.07 Å². The second-order valence-corrected chi connectivity index (χ2v) is 13.2. The third kappa shape index (κ3) is 4.11. The Labute approximate surface area is 217 Å². The fourth-order valence-corrected chi connectivity index (χ4v) is 8.59. The van der Waals surface area contributed by atoms with Crippen LogP contribution in [0.15, 0.2) is 29.3 Å². The Bertz CT molecular complexity index is 1040. The van der Waals surface area contributed by atoms with Crippen molar-refractivity contribution >= 4 is 28.7 Å². The monoisotopic (exact) mass is 518 g/mol. The first kappa shape index (κ1) is 24.8. The number of likely N-dealkylation sites (N-methyl/N-ethyl adjacent to an activating group) is 1. The molecule has 4 saturated carbocycles. The van der Waals surface area contributed by atoms with Crippen molar-refractivity contribution in [2.75, 3.05) is 38.1 Å². The van der Waals surface area contributed by atoms with Crippen molar-refractivity contribution in [3.63, 3.8) is 0 Å². The number of amidine groups is 1. The van der Waals surface area contributed by atoms with Crippen molar-refractivity contribution in [2.24, 2.45) is 28.2 Å². The van der Waals surface area contributed by atoms with Gasteiger partial charge in [0.15, 0.2) is 0 Å². The van der Waals surface area contributed by atoms with E-state index in [-0.39, 0.29) is 11.6 Å². The SMILES string of the molecule is CN1CCN([C@@H]2C(=NC34CC5CC(CC(C5)C3)C4)N(c3cccc(C(F)(F)F)c3)C(=S)C2(C)C)CC1. The van der Waals surface area contributed by atoms with Crippen molar-refractivity contribution in [1.82, 2.24) is 9.80 Å². The van der Waals surface area contributed by atoms with Gasteiger partial charge in [0.2, 0.25) is 0 Å². The van der Waals surface area contributed by atoms with E-state index in [0.29, 0.717) is 10.7 Å². The van der Waals surface area contributed by atoms with E-state index in [9.17, 15) is 13.2 Å². The molecule has 1 atom stereocenters. The van der Waals surface area contributed by atoms with Crippen LogP contribution in [0.2, 0.25) is 0 Å². The van der Waals surface area contributed by atoms with Gasteiger partial charge in [0.05, 0.1) is 22.1 Å². The number of aliphatic imine (C=N–C) groups is 1. The number of benzene rings is 1. The minimum absolute atomic E-state index is 0.0405. The summed E-state index contributed by atoms with van der Waals surface area (Å²) < 4.78 is 41.1. The van der Waals surface area contributed by atoms with Gasteiger partial charge in [-0.25, -0.2) is 0 Å². The van der Waals surface area contributed by atoms with Crippen LogP contribution in [0.1, 0.15) is 57.9 Å². The van der Waals surface area contributed by atoms with Crippen LogP contribution < -0.4 is 4.90 Å². The lowest BCUT2D eigenvalue weighted by Crippen LogP contribution is -2.56. The summed E-state index contributed by atoms with van der Waals surface area (Å²) in [4.78, 5) is 13.1. The molecule has 0 radical (unpaired) electrons. The second-order valence-electron chi connectivity index (χ2n) is 12.8. The molecule has 0 amide bonds. The Morgan fingerprint density at radius 3 is 2.08 bits per heavy atom. The summed E-state index contributed by atoms with van der Waals surface area (Å²) in [6.07, 6.45) is 2.92. The number of piperazine rings is 1. The van der Waals surface area contributed by atoms with E-state index >= 15 is 0 Å². The molecule has 0 unspecified atom stereocenters. The third-order valence-electron chi connectivity index (χ3n) is 9.60. The quantitative estimate of drug-likeness (QED) is 0.467. The van der Waals surface area contributed by atoms with Crippen molar-refractivity contribution < 1.29 is 13.2 Å². The molecule has 6 aliphatic rings. The molecule has 1 aromatic rings. The second kappa shape index (κ2) is 8.50. The van der Waals surface area contributed by atoms with Crippen molar-refractivity contribution in [3.8, 4) is 0 Å². The zero-order valence-corrected chi connectivity index (χ0v) is 22.3. The van der Waals surface area contributed by atoms with Crippen LogP contribution in [-0.4, -0.2) is 65.4 Å². The van der Waals surface area contributed by atoms with Crippen LogP contribution >= 0.6 is 12.2 Å². The van der Waals surface area contributed by atoms with Crippen LogP contribution in [0.25, 0.3) is 0 Å². The first-order valence-electron chi connectivity index (χ1n) is 13.5. The van der Waals surface area contributed by atoms with Crippen molar-refractivity contribution in [2.45, 2.75) is 70.1 Å². The molecule has 4 aliphatic carbocycles. The van der Waals surface area contributed by atoms with Gasteiger partial charge in [-0.3, -0.25) is 14.8 Å². The van der Waals surface area contributed by atoms with Gasteiger partial charge in [-0.05, 0) is 81.5 Å². The first-order chi connectivity index (χ1) is 17.0. The molecule has 7 rings (SSSR count). The summed E-state index contributed by atoms with van der Waals surface area (Å²) in [7, 11) is 2.14. The molecule has 0 aromatic heterocycles. The maximum absolute atomic E-state index is 13.7. The fraction of sp³-hybridized carbons (Fsp3) is 0.714. The third-order valence-corrected chi connectivity index (χ3v) is 10.3. The maximum atomic E-state index is 13.7. The number of nitrogens with zero attached hydrogens (tertiary/aromatic N) is 4. The summed E-state index contributed by atoms with van der Waals surface area (Å²) in [5.41, 5.74) is -0.661. The molecule has 2 saturated heterocycles. The summed E-state index contributed by atoms with van der Waals surface area (Å²) in [6.45, 7) is 8.05. The van der Waals surface area contributed by atoms with E-state index in [1.807, 2.05) is 4.90 Å². The van der Waals surface area contributed by atoms with Crippen LogP contribution in [-0.2, 0) is 6.18 Å². The Morgan fingerprint density at radius 2 is 1.53 bits per heavy atom. The highest BCUT2D eigenvalue weighted by atomic mass is 32.1. The van der Waals surface area contributed by atoms with Crippen LogP contribution in [0.3, 0.4) is 0 Å². The van der Waals surface area contributed by atoms with E-state index in [0.717, 1.165) is 75.1 Å². The number of thiocarbonyl (C=S) groups is 1. The summed E-state index contributed by atoms with van der Waals surface area (Å²) in [6, 6.07) is 5.62. The zero-order valence-electron chi connectivity index (χ0n) is 21.5. The van der Waals surface area contributed by atoms with E-state index in [4.69, 9.17) is 17.2 Å². The summed E-state index contributed by atoms with van der Waals surface area (Å²) in [5.74, 6) is 3.11. The van der Waals surface area contributed by atoms with Crippen LogP contribution in [0, 0.1) is 23.2 Å². The molecule has 36 heavy (non-hydrogen) atoms. The molecule has 2 aliphatic heterocycles. The molecule has 2 heterocycles. The normalized spacial score (nSPS) is 37.9. The van der Waals surface area contributed by atoms with Crippen LogP contribution in [0.5, 0.6) is 0 Å². The van der Waals surface area contributed by atoms with E-state index in [1.165, 1.54) is 31.4 Å². The fourth-order valence-electron chi connectivity index (χ4n) is 8.28. The van der Waals surface area contributed by atoms with Crippen molar-refractivity contribution in [1.29, 1.82) is 0 Å². The van der Waals surface area contributed by atoms with Gasteiger partial charge < -0.3 is 4.90 Å². The number of hydrogen-bond acceptors (Lipinski definition) is 4. The molecule has 1 aromatic carbocycles. The predicted molar refractivity (Wildman–Crippen MR) is 141 cm³/mol. The minimum atomic E-state index is -4.40. The number of halogens is 3. The van der Waals surface area contributed by atoms with Gasteiger partial charge in [0.1, 0.15) is 5.84 Å². The highest BCUT2D eigenvalue weighted by Gasteiger charge is 2.56. The largest absolute Gasteiger partial charge is 0.416 e. The number of rotatable bonds is 3. The maximum Gasteiger partial charge on any atom is 0.416 e. The highest BCUT2D eigenvalue weighted by Crippen LogP contribution is 2.58. The van der Waals surface area contributed by atoms with Gasteiger partial charge in [0, 0.05) is 37.3 Å². The molecule has 196 valence electrons. The molecule has 4 bridgehead atoms. The smallest absolute Gasteiger partial charge is 0.304 e. The number of hydrogen-bond donors (Lipinski definition) is 0. The average Bonchev–Trinajstić information content (AvgIpc) is 2.97. The molecule has 0 N–H and O–H groups in total. The molecule has 4 nitrogen and oxygen atoms in total. The predicted octanol–water partition coefficient (Wildman–Crippen LogP) is 5.86. The number of anilines is 1. The molecular formula is C28H37F3N4S. The molecule has 6 fully saturated rings. The zero-order chi connectivity index (χ0) is 25.5.